The molecule has 0 amide bonds. The van der Waals surface area contributed by atoms with E-state index < -0.39 is 25.9 Å². The molecule has 0 aliphatic heterocycles. The molecule has 0 heterocycles. The molecule has 1 aliphatic rings. The number of aryl methyl sites for hydroxylation is 1. The molecule has 2 rings (SSSR count). The third-order valence-corrected chi connectivity index (χ3v) is 13.0. The van der Waals surface area contributed by atoms with Gasteiger partial charge in [-0.15, -0.1) is 24.8 Å². The average Bonchev–Trinajstić information content (AvgIpc) is 2.77. The summed E-state index contributed by atoms with van der Waals surface area (Å²) in [6.07, 6.45) is 2.28. The number of allylic oxidation sites excluding steroid dienone is 4. The molecule has 164 valence electrons. The zero-order chi connectivity index (χ0) is 20.5. The Kier molecular flexibility index (Phi) is 11.4. The van der Waals surface area contributed by atoms with Crippen molar-refractivity contribution < 1.29 is 21.1 Å². The van der Waals surface area contributed by atoms with Crippen molar-refractivity contribution in [2.45, 2.75) is 80.9 Å². The first-order chi connectivity index (χ1) is 12.5. The third kappa shape index (κ3) is 6.43. The van der Waals surface area contributed by atoms with E-state index in [1.807, 2.05) is 0 Å². The molecule has 29 heavy (non-hydrogen) atoms. The van der Waals surface area contributed by atoms with Crippen molar-refractivity contribution in [1.82, 2.24) is 0 Å². The number of rotatable bonds is 6. The molecule has 0 spiro atoms. The Morgan fingerprint density at radius 3 is 1.90 bits per heavy atom. The summed E-state index contributed by atoms with van der Waals surface area (Å²) in [4.78, 5) is 0. The molecule has 1 aromatic carbocycles. The molecular formula is C24H40Cl2OSiTi. The molecule has 1 aromatic rings. The largest absolute Gasteiger partial charge is 0.147 e. The van der Waals surface area contributed by atoms with Gasteiger partial charge < -0.3 is 0 Å². The molecule has 1 unspecified atom stereocenters. The van der Waals surface area contributed by atoms with E-state index in [1.165, 1.54) is 27.5 Å². The maximum atomic E-state index is 6.96. The van der Waals surface area contributed by atoms with Crippen molar-refractivity contribution >= 4 is 41.9 Å². The second-order valence-electron chi connectivity index (χ2n) is 9.09. The van der Waals surface area contributed by atoms with Gasteiger partial charge in [-0.25, -0.2) is 0 Å². The van der Waals surface area contributed by atoms with Gasteiger partial charge in [-0.3, -0.25) is 0 Å². The van der Waals surface area contributed by atoms with Crippen molar-refractivity contribution in [1.29, 1.82) is 0 Å². The standard InChI is InChI=1S/C10H16OSi.C9H13.C5H10.2ClH.Ti/c1-8-5-9(11)7-10(6-8)12(2,3)4;1-6-5-7(2)9(4)8(6)3;1-3-5-4-2;;;/h5-7,11H,1-4H3;6H,1-4H3;3-4H2,1-2H3;2*1H;/q;;;;;+1/p-1. The number of halogens is 2. The predicted octanol–water partition coefficient (Wildman–Crippen LogP) is 7.55. The topological polar surface area (TPSA) is 9.23 Å². The van der Waals surface area contributed by atoms with Crippen LogP contribution < -0.4 is 8.51 Å². The second-order valence-corrected chi connectivity index (χ2v) is 17.5. The summed E-state index contributed by atoms with van der Waals surface area (Å²) in [7, 11) is -1.36. The van der Waals surface area contributed by atoms with Gasteiger partial charge in [0, 0.05) is 0 Å². The molecule has 5 heteroatoms. The van der Waals surface area contributed by atoms with Crippen LogP contribution in [0.2, 0.25) is 19.6 Å². The van der Waals surface area contributed by atoms with Gasteiger partial charge in [0.25, 0.3) is 0 Å². The fraction of sp³-hybridized carbons (Fsp3) is 0.542. The summed E-state index contributed by atoms with van der Waals surface area (Å²) in [6, 6.07) is 6.96. The molecule has 0 saturated heterocycles. The van der Waals surface area contributed by atoms with Crippen LogP contribution in [-0.2, 0) is 17.8 Å². The van der Waals surface area contributed by atoms with E-state index >= 15 is 0 Å². The number of hydrogen-bond acceptors (Lipinski definition) is 1. The van der Waals surface area contributed by atoms with E-state index in [9.17, 15) is 0 Å². The maximum Gasteiger partial charge on any atom is -0.147 e. The van der Waals surface area contributed by atoms with Gasteiger partial charge in [-0.2, -0.15) is 0 Å². The van der Waals surface area contributed by atoms with E-state index in [1.54, 1.807) is 7.69 Å². The van der Waals surface area contributed by atoms with Crippen LogP contribution in [0.4, 0.5) is 0 Å². The molecule has 1 atom stereocenters. The Balaban J connectivity index is 0.00000392. The molecule has 0 fully saturated rings. The summed E-state index contributed by atoms with van der Waals surface area (Å²) >= 11 is -1.99. The Morgan fingerprint density at radius 2 is 1.48 bits per heavy atom. The number of benzene rings is 1. The minimum atomic E-state index is -1.99. The fourth-order valence-electron chi connectivity index (χ4n) is 3.98. The van der Waals surface area contributed by atoms with Crippen LogP contribution >= 0.6 is 24.8 Å². The Hall–Kier alpha value is -0.119. The zero-order valence-electron chi connectivity index (χ0n) is 19.9. The fourth-order valence-corrected chi connectivity index (χ4v) is 9.54. The quantitative estimate of drug-likeness (QED) is 0.374. The van der Waals surface area contributed by atoms with Crippen LogP contribution in [0.5, 0.6) is 5.75 Å². The molecule has 1 nitrogen and oxygen atoms in total. The van der Waals surface area contributed by atoms with E-state index in [4.69, 9.17) is 3.32 Å². The first kappa shape index (κ1) is 28.9. The minimum Gasteiger partial charge on any atom is -0.147 e. The molecule has 0 radical (unpaired) electrons. The van der Waals surface area contributed by atoms with Crippen molar-refractivity contribution in [2.75, 3.05) is 0 Å². The summed E-state index contributed by atoms with van der Waals surface area (Å²) in [5.74, 6) is 1.64. The SMILES string of the molecule is CC[C](CC)=[Ti]([O]c1cc(C)cc([Si](C)(C)C)c1)[C]1=C(C)C(C)=C(C)C1C.Cl.Cl. The first-order valence-electron chi connectivity index (χ1n) is 10.4. The van der Waals surface area contributed by atoms with Gasteiger partial charge in [0.2, 0.25) is 0 Å². The van der Waals surface area contributed by atoms with Gasteiger partial charge in [-0.05, 0) is 0 Å². The van der Waals surface area contributed by atoms with Crippen LogP contribution in [-0.4, -0.2) is 11.9 Å². The summed E-state index contributed by atoms with van der Waals surface area (Å²) in [5.41, 5.74) is 5.86. The predicted molar refractivity (Wildman–Crippen MR) is 135 cm³/mol. The first-order valence-corrected chi connectivity index (χ1v) is 16.1. The van der Waals surface area contributed by atoms with Crippen LogP contribution in [0.1, 0.15) is 59.9 Å². The van der Waals surface area contributed by atoms with Gasteiger partial charge in [-0.1, -0.05) is 0 Å². The van der Waals surface area contributed by atoms with Crippen LogP contribution in [0.15, 0.2) is 38.8 Å². The zero-order valence-corrected chi connectivity index (χ0v) is 24.1. The Labute approximate surface area is 199 Å². The normalized spacial score (nSPS) is 16.4. The molecule has 0 saturated carbocycles. The monoisotopic (exact) mass is 490 g/mol. The van der Waals surface area contributed by atoms with Gasteiger partial charge in [0.05, 0.1) is 0 Å². The van der Waals surface area contributed by atoms with E-state index in [2.05, 4.69) is 86.3 Å². The Morgan fingerprint density at radius 1 is 0.931 bits per heavy atom. The average molecular weight is 491 g/mol. The Bertz CT molecular complexity index is 826. The molecule has 0 bridgehead atoms. The van der Waals surface area contributed by atoms with Gasteiger partial charge in [0.15, 0.2) is 0 Å². The maximum absolute atomic E-state index is 6.96. The van der Waals surface area contributed by atoms with Gasteiger partial charge >= 0.3 is 175 Å². The second kappa shape index (κ2) is 11.5. The molecular weight excluding hydrogens is 451 g/mol. The molecule has 1 aliphatic carbocycles. The van der Waals surface area contributed by atoms with Crippen LogP contribution in [0.3, 0.4) is 0 Å². The summed E-state index contributed by atoms with van der Waals surface area (Å²) in [6.45, 7) is 23.4. The minimum absolute atomic E-state index is 0. The summed E-state index contributed by atoms with van der Waals surface area (Å²) in [5, 5.41) is 1.50. The third-order valence-electron chi connectivity index (χ3n) is 6.20. The van der Waals surface area contributed by atoms with Crippen molar-refractivity contribution in [3.8, 4) is 5.75 Å². The van der Waals surface area contributed by atoms with E-state index in [0.717, 1.165) is 18.6 Å². The van der Waals surface area contributed by atoms with E-state index in [0.29, 0.717) is 5.92 Å². The smallest absolute Gasteiger partial charge is 0.147 e. The van der Waals surface area contributed by atoms with Crippen molar-refractivity contribution in [3.05, 3.63) is 44.4 Å². The number of hydrogen-bond donors (Lipinski definition) is 0. The van der Waals surface area contributed by atoms with Crippen LogP contribution in [0.25, 0.3) is 0 Å². The molecule has 0 aromatic heterocycles. The van der Waals surface area contributed by atoms with Gasteiger partial charge in [0.1, 0.15) is 0 Å². The molecule has 0 N–H and O–H groups in total. The summed E-state index contributed by atoms with van der Waals surface area (Å²) < 4.78 is 10.3. The van der Waals surface area contributed by atoms with E-state index in [-0.39, 0.29) is 24.8 Å². The van der Waals surface area contributed by atoms with Crippen molar-refractivity contribution in [2.24, 2.45) is 5.92 Å². The van der Waals surface area contributed by atoms with Crippen LogP contribution in [0, 0.1) is 12.8 Å². The van der Waals surface area contributed by atoms with Crippen molar-refractivity contribution in [3.63, 3.8) is 0 Å².